The summed E-state index contributed by atoms with van der Waals surface area (Å²) in [5.74, 6) is 0. The van der Waals surface area contributed by atoms with Gasteiger partial charge in [-0.1, -0.05) is 0 Å². The Kier molecular flexibility index (Phi) is 5.11. The van der Waals surface area contributed by atoms with Crippen molar-refractivity contribution < 1.29 is 0 Å². The van der Waals surface area contributed by atoms with Gasteiger partial charge in [0.1, 0.15) is 10.2 Å². The average molecular weight is 214 g/mol. The maximum absolute atomic E-state index is 4.34. The van der Waals surface area contributed by atoms with Crippen LogP contribution in [0.2, 0.25) is 0 Å². The van der Waals surface area contributed by atoms with E-state index in [0.29, 0.717) is 0 Å². The van der Waals surface area contributed by atoms with Crippen LogP contribution in [0.3, 0.4) is 0 Å². The molecule has 0 saturated heterocycles. The molecule has 0 aromatic carbocycles. The topological polar surface area (TPSA) is 37.1 Å². The Labute approximate surface area is 82.8 Å². The molecule has 0 saturated carbocycles. The fraction of sp³-hybridized carbons (Fsp3) is 0.250. The number of thiocarbonyl (C=S) groups is 3. The summed E-state index contributed by atoms with van der Waals surface area (Å²) in [6, 6.07) is 0. The first-order valence-corrected chi connectivity index (χ1v) is 3.93. The zero-order chi connectivity index (χ0) is 8.74. The van der Waals surface area contributed by atoms with Crippen LogP contribution in [0.15, 0.2) is 15.0 Å². The first-order valence-electron chi connectivity index (χ1n) is 2.20. The molecule has 0 rings (SSSR count). The summed E-state index contributed by atoms with van der Waals surface area (Å²) < 4.78 is 0. The Hall–Kier alpha value is -0.383. The van der Waals surface area contributed by atoms with Gasteiger partial charge in [-0.05, 0) is 36.7 Å². The second kappa shape index (κ2) is 5.29. The van der Waals surface area contributed by atoms with Crippen LogP contribution in [-0.4, -0.2) is 31.1 Å². The Morgan fingerprint density at radius 3 is 1.36 bits per heavy atom. The maximum Gasteiger partial charge on any atom is 0.243 e. The molecular formula is C4N3S3Si. The van der Waals surface area contributed by atoms with Crippen molar-refractivity contribution >= 4 is 62.4 Å². The predicted molar refractivity (Wildman–Crippen MR) is 53.6 cm³/mol. The van der Waals surface area contributed by atoms with E-state index in [1.807, 2.05) is 0 Å². The van der Waals surface area contributed by atoms with Gasteiger partial charge in [-0.15, -0.1) is 0 Å². The SMILES string of the molecule is [Si]C(N=C=S)(N=C=S)N=C=S. The molecule has 11 heavy (non-hydrogen) atoms. The van der Waals surface area contributed by atoms with Crippen molar-refractivity contribution in [3.8, 4) is 0 Å². The number of nitrogens with zero attached hydrogens (tertiary/aromatic N) is 3. The van der Waals surface area contributed by atoms with Crippen LogP contribution in [-0.2, 0) is 0 Å². The number of hydrogen-bond acceptors (Lipinski definition) is 6. The minimum atomic E-state index is -1.31. The van der Waals surface area contributed by atoms with E-state index in [2.05, 4.69) is 77.4 Å². The summed E-state index contributed by atoms with van der Waals surface area (Å²) in [6.07, 6.45) is 0. The third kappa shape index (κ3) is 4.13. The van der Waals surface area contributed by atoms with Gasteiger partial charge < -0.3 is 0 Å². The fourth-order valence-electron chi connectivity index (χ4n) is 0.266. The molecule has 0 spiro atoms. The molecule has 0 aliphatic rings. The van der Waals surface area contributed by atoms with E-state index in [1.165, 1.54) is 0 Å². The minimum absolute atomic E-state index is 1.31. The van der Waals surface area contributed by atoms with E-state index in [-0.39, 0.29) is 0 Å². The third-order valence-corrected chi connectivity index (χ3v) is 1.21. The highest BCUT2D eigenvalue weighted by Gasteiger charge is 2.17. The minimum Gasteiger partial charge on any atom is -0.183 e. The van der Waals surface area contributed by atoms with E-state index in [9.17, 15) is 0 Å². The maximum atomic E-state index is 4.34. The van der Waals surface area contributed by atoms with Gasteiger partial charge >= 0.3 is 0 Å². The highest BCUT2D eigenvalue weighted by atomic mass is 32.1. The number of hydrogen-bond donors (Lipinski definition) is 0. The van der Waals surface area contributed by atoms with Gasteiger partial charge in [0.05, 0.1) is 15.5 Å². The van der Waals surface area contributed by atoms with Crippen LogP contribution >= 0.6 is 36.7 Å². The molecule has 0 aromatic rings. The number of rotatable bonds is 3. The van der Waals surface area contributed by atoms with Crippen molar-refractivity contribution in [1.82, 2.24) is 0 Å². The summed E-state index contributed by atoms with van der Waals surface area (Å²) in [5.41, 5.74) is -1.31. The quantitative estimate of drug-likeness (QED) is 0.401. The van der Waals surface area contributed by atoms with Crippen molar-refractivity contribution in [2.75, 3.05) is 0 Å². The summed E-state index contributed by atoms with van der Waals surface area (Å²) in [5, 5.41) is 6.23. The Morgan fingerprint density at radius 1 is 0.909 bits per heavy atom. The van der Waals surface area contributed by atoms with Gasteiger partial charge in [-0.3, -0.25) is 0 Å². The van der Waals surface area contributed by atoms with E-state index in [4.69, 9.17) is 0 Å². The molecule has 3 radical (unpaired) electrons. The first-order chi connectivity index (χ1) is 5.18. The molecule has 3 nitrogen and oxygen atoms in total. The highest BCUT2D eigenvalue weighted by Crippen LogP contribution is 2.06. The van der Waals surface area contributed by atoms with E-state index >= 15 is 0 Å². The predicted octanol–water partition coefficient (Wildman–Crippen LogP) is 1.07. The molecule has 0 fully saturated rings. The van der Waals surface area contributed by atoms with Crippen molar-refractivity contribution in [3.05, 3.63) is 0 Å². The first kappa shape index (κ1) is 10.6. The third-order valence-electron chi connectivity index (χ3n) is 0.605. The molecule has 0 aliphatic heterocycles. The summed E-state index contributed by atoms with van der Waals surface area (Å²) in [6.45, 7) is 0. The zero-order valence-electron chi connectivity index (χ0n) is 5.07. The molecular weight excluding hydrogens is 214 g/mol. The molecule has 0 N–H and O–H groups in total. The lowest BCUT2D eigenvalue weighted by atomic mass is 10.9. The summed E-state index contributed by atoms with van der Waals surface area (Å²) in [4.78, 5) is 10.6. The van der Waals surface area contributed by atoms with E-state index in [1.54, 1.807) is 0 Å². The molecule has 7 heteroatoms. The van der Waals surface area contributed by atoms with Gasteiger partial charge in [0.15, 0.2) is 0 Å². The second-order valence-corrected chi connectivity index (χ2v) is 2.46. The monoisotopic (exact) mass is 214 g/mol. The van der Waals surface area contributed by atoms with Crippen LogP contribution in [0, 0.1) is 0 Å². The standard InChI is InChI=1S/C4N3S3Si/c8-1-5-4(11,6-2-9)7-3-10. The van der Waals surface area contributed by atoms with E-state index in [0.717, 1.165) is 0 Å². The molecule has 0 heterocycles. The molecule has 0 aromatic heterocycles. The largest absolute Gasteiger partial charge is 0.243 e. The summed E-state index contributed by atoms with van der Waals surface area (Å²) >= 11 is 13.0. The summed E-state index contributed by atoms with van der Waals surface area (Å²) in [7, 11) is 3.03. The van der Waals surface area contributed by atoms with Crippen molar-refractivity contribution in [2.45, 2.75) is 5.41 Å². The number of aliphatic imine (C=N–C) groups is 3. The van der Waals surface area contributed by atoms with Crippen molar-refractivity contribution in [2.24, 2.45) is 15.0 Å². The number of isothiocyanates is 3. The van der Waals surface area contributed by atoms with Crippen LogP contribution < -0.4 is 0 Å². The van der Waals surface area contributed by atoms with Gasteiger partial charge in [0.25, 0.3) is 0 Å². The Morgan fingerprint density at radius 2 is 1.18 bits per heavy atom. The fourth-order valence-corrected chi connectivity index (χ4v) is 1.06. The van der Waals surface area contributed by atoms with Crippen LogP contribution in [0.5, 0.6) is 0 Å². The molecule has 0 aliphatic carbocycles. The molecule has 0 amide bonds. The van der Waals surface area contributed by atoms with Crippen LogP contribution in [0.4, 0.5) is 0 Å². The highest BCUT2D eigenvalue weighted by molar-refractivity contribution is 7.78. The van der Waals surface area contributed by atoms with Crippen LogP contribution in [0.25, 0.3) is 0 Å². The Bertz CT molecular complexity index is 237. The van der Waals surface area contributed by atoms with E-state index < -0.39 is 5.41 Å². The van der Waals surface area contributed by atoms with Crippen molar-refractivity contribution in [3.63, 3.8) is 0 Å². The Balaban J connectivity index is 4.94. The van der Waals surface area contributed by atoms with Gasteiger partial charge in [-0.25, -0.2) is 0 Å². The lowest BCUT2D eigenvalue weighted by Crippen LogP contribution is -2.19. The van der Waals surface area contributed by atoms with Crippen molar-refractivity contribution in [1.29, 1.82) is 0 Å². The van der Waals surface area contributed by atoms with Crippen LogP contribution in [0.1, 0.15) is 0 Å². The smallest absolute Gasteiger partial charge is 0.183 e. The molecule has 53 valence electrons. The molecule has 0 unspecified atom stereocenters. The average Bonchev–Trinajstić information content (AvgIpc) is 1.88. The lowest BCUT2D eigenvalue weighted by Gasteiger charge is -2.06. The van der Waals surface area contributed by atoms with Gasteiger partial charge in [0.2, 0.25) is 5.41 Å². The van der Waals surface area contributed by atoms with Gasteiger partial charge in [-0.2, -0.15) is 15.0 Å². The lowest BCUT2D eigenvalue weighted by molar-refractivity contribution is 0.688. The second-order valence-electron chi connectivity index (χ2n) is 1.24. The molecule has 0 bridgehead atoms. The zero-order valence-corrected chi connectivity index (χ0v) is 8.52. The molecule has 0 atom stereocenters. The normalized spacial score (nSPS) is 12.8. The van der Waals surface area contributed by atoms with Gasteiger partial charge in [0, 0.05) is 0 Å².